The molecule has 30 heavy (non-hydrogen) atoms. The fraction of sp³-hybridized carbons (Fsp3) is 0.333. The Morgan fingerprint density at radius 1 is 1.00 bits per heavy atom. The number of nitro benzene ring substituents is 1. The molecular weight excluding hydrogens is 388 g/mol. The van der Waals surface area contributed by atoms with Gasteiger partial charge in [-0.2, -0.15) is 0 Å². The van der Waals surface area contributed by atoms with Crippen molar-refractivity contribution in [3.63, 3.8) is 0 Å². The Labute approximate surface area is 172 Å². The zero-order valence-corrected chi connectivity index (χ0v) is 16.3. The molecule has 0 radical (unpaired) electrons. The fourth-order valence-corrected chi connectivity index (χ4v) is 4.91. The van der Waals surface area contributed by atoms with Gasteiger partial charge in [0.1, 0.15) is 11.8 Å². The van der Waals surface area contributed by atoms with Crippen molar-refractivity contribution < 1.29 is 19.2 Å². The molecule has 154 valence electrons. The van der Waals surface area contributed by atoms with E-state index in [4.69, 9.17) is 4.74 Å². The van der Waals surface area contributed by atoms with Crippen LogP contribution in [0.1, 0.15) is 18.0 Å². The average molecular weight is 408 g/mol. The molecule has 0 bridgehead atoms. The minimum atomic E-state index is -0.591. The van der Waals surface area contributed by atoms with Gasteiger partial charge in [0.05, 0.1) is 29.7 Å². The van der Waals surface area contributed by atoms with Crippen LogP contribution < -0.4 is 9.64 Å². The molecule has 2 aromatic carbocycles. The molecule has 0 spiro atoms. The Morgan fingerprint density at radius 3 is 2.37 bits per heavy atom. The molecule has 2 aromatic rings. The molecule has 3 aliphatic heterocycles. The minimum Gasteiger partial charge on any atom is -0.497 e. The molecule has 0 N–H and O–H groups in total. The van der Waals surface area contributed by atoms with Crippen molar-refractivity contribution in [3.05, 3.63) is 64.2 Å². The van der Waals surface area contributed by atoms with E-state index >= 15 is 0 Å². The molecule has 3 heterocycles. The predicted octanol–water partition coefficient (Wildman–Crippen LogP) is 2.14. The number of rotatable bonds is 4. The third-order valence-electron chi connectivity index (χ3n) is 6.16. The van der Waals surface area contributed by atoms with Crippen LogP contribution in [0, 0.1) is 16.0 Å². The molecule has 3 saturated heterocycles. The highest BCUT2D eigenvalue weighted by atomic mass is 16.6. The molecule has 0 saturated carbocycles. The summed E-state index contributed by atoms with van der Waals surface area (Å²) in [7, 11) is 1.60. The number of hydrogen-bond acceptors (Lipinski definition) is 7. The van der Waals surface area contributed by atoms with Crippen LogP contribution in [0.15, 0.2) is 48.5 Å². The summed E-state index contributed by atoms with van der Waals surface area (Å²) in [6.07, 6.45) is 0.911. The normalized spacial score (nSPS) is 26.2. The number of ether oxygens (including phenoxy) is 1. The van der Waals surface area contributed by atoms with Crippen LogP contribution in [0.25, 0.3) is 0 Å². The first-order chi connectivity index (χ1) is 14.5. The molecule has 3 aliphatic rings. The van der Waals surface area contributed by atoms with Crippen LogP contribution in [-0.4, -0.2) is 53.0 Å². The summed E-state index contributed by atoms with van der Waals surface area (Å²) >= 11 is 0. The monoisotopic (exact) mass is 408 g/mol. The van der Waals surface area contributed by atoms with E-state index in [0.717, 1.165) is 29.2 Å². The smallest absolute Gasteiger partial charge is 0.271 e. The lowest BCUT2D eigenvalue weighted by Crippen LogP contribution is -2.44. The number of non-ortho nitro benzene ring substituents is 1. The highest BCUT2D eigenvalue weighted by Crippen LogP contribution is 2.49. The van der Waals surface area contributed by atoms with Crippen molar-refractivity contribution in [2.75, 3.05) is 25.1 Å². The Bertz CT molecular complexity index is 1040. The van der Waals surface area contributed by atoms with Gasteiger partial charge in [-0.1, -0.05) is 18.2 Å². The largest absolute Gasteiger partial charge is 0.497 e. The van der Waals surface area contributed by atoms with Crippen LogP contribution in [0.5, 0.6) is 5.75 Å². The first-order valence-electron chi connectivity index (χ1n) is 9.80. The predicted molar refractivity (Wildman–Crippen MR) is 107 cm³/mol. The molecule has 5 rings (SSSR count). The lowest BCUT2D eigenvalue weighted by Gasteiger charge is -2.29. The summed E-state index contributed by atoms with van der Waals surface area (Å²) in [5.74, 6) is -0.488. The zero-order valence-electron chi connectivity index (χ0n) is 16.3. The van der Waals surface area contributed by atoms with Crippen LogP contribution in [0.2, 0.25) is 0 Å². The number of hydrazine groups is 1. The number of nitro groups is 1. The Balaban J connectivity index is 1.55. The minimum absolute atomic E-state index is 0.153. The van der Waals surface area contributed by atoms with E-state index in [9.17, 15) is 19.7 Å². The van der Waals surface area contributed by atoms with Gasteiger partial charge in [-0.05, 0) is 30.2 Å². The number of imide groups is 1. The van der Waals surface area contributed by atoms with Crippen molar-refractivity contribution in [1.29, 1.82) is 0 Å². The van der Waals surface area contributed by atoms with Gasteiger partial charge in [0.15, 0.2) is 0 Å². The highest BCUT2D eigenvalue weighted by Gasteiger charge is 2.62. The number of carbonyl (C=O) groups is 2. The lowest BCUT2D eigenvalue weighted by molar-refractivity contribution is -0.384. The summed E-state index contributed by atoms with van der Waals surface area (Å²) in [4.78, 5) is 38.6. The van der Waals surface area contributed by atoms with Crippen LogP contribution in [-0.2, 0) is 9.59 Å². The fourth-order valence-electron chi connectivity index (χ4n) is 4.91. The van der Waals surface area contributed by atoms with E-state index in [0.29, 0.717) is 6.54 Å². The molecule has 0 aliphatic carbocycles. The Kier molecular flexibility index (Phi) is 4.30. The third-order valence-corrected chi connectivity index (χ3v) is 6.16. The number of methoxy groups -OCH3 is 1. The standard InChI is InChI=1S/C21H20N4O5/c1-30-16-8-6-13(7-9-16)18-17-19(23-11-3-10-22(18)23)21(27)24(20(17)26)14-4-2-5-15(12-14)25(28)29/h2,4-9,12,17-19H,3,10-11H2,1H3/t17-,18-,19-/m0/s1. The van der Waals surface area contributed by atoms with Gasteiger partial charge < -0.3 is 4.74 Å². The highest BCUT2D eigenvalue weighted by molar-refractivity contribution is 6.24. The van der Waals surface area contributed by atoms with Gasteiger partial charge in [0.25, 0.3) is 11.6 Å². The number of anilines is 1. The molecule has 9 nitrogen and oxygen atoms in total. The maximum atomic E-state index is 13.5. The van der Waals surface area contributed by atoms with Crippen LogP contribution >= 0.6 is 0 Å². The maximum absolute atomic E-state index is 13.5. The van der Waals surface area contributed by atoms with Crippen LogP contribution in [0.4, 0.5) is 11.4 Å². The Hall–Kier alpha value is -3.30. The van der Waals surface area contributed by atoms with Crippen molar-refractivity contribution in [1.82, 2.24) is 10.0 Å². The molecule has 3 atom stereocenters. The van der Waals surface area contributed by atoms with Crippen molar-refractivity contribution in [3.8, 4) is 5.75 Å². The van der Waals surface area contributed by atoms with Gasteiger partial charge in [-0.25, -0.2) is 14.9 Å². The van der Waals surface area contributed by atoms with Crippen molar-refractivity contribution in [2.45, 2.75) is 18.5 Å². The number of hydrogen-bond donors (Lipinski definition) is 0. The quantitative estimate of drug-likeness (QED) is 0.434. The second-order valence-corrected chi connectivity index (χ2v) is 7.66. The maximum Gasteiger partial charge on any atom is 0.271 e. The number of fused-ring (bicyclic) bond motifs is 3. The average Bonchev–Trinajstić information content (AvgIpc) is 3.40. The SMILES string of the molecule is COc1ccc([C@H]2[C@@H]3C(=O)N(c4cccc([N+](=O)[O-])c4)C(=O)[C@H]3N3CCCN23)cc1. The van der Waals surface area contributed by atoms with Gasteiger partial charge in [0, 0.05) is 25.2 Å². The molecule has 9 heteroatoms. The summed E-state index contributed by atoms with van der Waals surface area (Å²) < 4.78 is 5.24. The second-order valence-electron chi connectivity index (χ2n) is 7.66. The Morgan fingerprint density at radius 2 is 1.70 bits per heavy atom. The van der Waals surface area contributed by atoms with Gasteiger partial charge in [-0.15, -0.1) is 0 Å². The van der Waals surface area contributed by atoms with Gasteiger partial charge >= 0.3 is 0 Å². The van der Waals surface area contributed by atoms with Gasteiger partial charge in [0.2, 0.25) is 5.91 Å². The van der Waals surface area contributed by atoms with E-state index in [-0.39, 0.29) is 29.2 Å². The first-order valence-corrected chi connectivity index (χ1v) is 9.80. The van der Waals surface area contributed by atoms with E-state index < -0.39 is 16.9 Å². The summed E-state index contributed by atoms with van der Waals surface area (Å²) in [5, 5.41) is 15.3. The van der Waals surface area contributed by atoms with E-state index in [1.807, 2.05) is 29.3 Å². The van der Waals surface area contributed by atoms with Gasteiger partial charge in [-0.3, -0.25) is 19.7 Å². The van der Waals surface area contributed by atoms with E-state index in [1.165, 1.54) is 18.2 Å². The molecule has 0 aromatic heterocycles. The van der Waals surface area contributed by atoms with Crippen LogP contribution in [0.3, 0.4) is 0 Å². The van der Waals surface area contributed by atoms with E-state index in [1.54, 1.807) is 13.2 Å². The second kappa shape index (κ2) is 6.89. The lowest BCUT2D eigenvalue weighted by atomic mass is 9.90. The summed E-state index contributed by atoms with van der Waals surface area (Å²) in [5.41, 5.74) is 1.03. The molecule has 0 unspecified atom stereocenters. The molecular formula is C21H20N4O5. The number of carbonyl (C=O) groups excluding carboxylic acids is 2. The molecule has 3 fully saturated rings. The number of amides is 2. The summed E-state index contributed by atoms with van der Waals surface area (Å²) in [6.45, 7) is 1.48. The first kappa shape index (κ1) is 18.7. The third kappa shape index (κ3) is 2.62. The number of benzene rings is 2. The molecule has 2 amide bonds. The summed E-state index contributed by atoms with van der Waals surface area (Å²) in [6, 6.07) is 12.4. The zero-order chi connectivity index (χ0) is 21.0. The van der Waals surface area contributed by atoms with Crippen molar-refractivity contribution in [2.24, 2.45) is 5.92 Å². The van der Waals surface area contributed by atoms with Crippen molar-refractivity contribution >= 4 is 23.2 Å². The topological polar surface area (TPSA) is 96.2 Å². The van der Waals surface area contributed by atoms with E-state index in [2.05, 4.69) is 5.01 Å². The number of nitrogens with zero attached hydrogens (tertiary/aromatic N) is 4.